The molecule has 0 bridgehead atoms. The van der Waals surface area contributed by atoms with E-state index in [9.17, 15) is 13.2 Å². The highest BCUT2D eigenvalue weighted by atomic mass is 19.4. The lowest BCUT2D eigenvalue weighted by atomic mass is 9.90. The first-order chi connectivity index (χ1) is 11.8. The summed E-state index contributed by atoms with van der Waals surface area (Å²) in [6, 6.07) is 17.6. The van der Waals surface area contributed by atoms with Crippen molar-refractivity contribution >= 4 is 0 Å². The number of hydrogen-bond donors (Lipinski definition) is 0. The molecule has 0 amide bonds. The first kappa shape index (κ1) is 17.3. The van der Waals surface area contributed by atoms with Crippen molar-refractivity contribution in [1.29, 1.82) is 0 Å². The van der Waals surface area contributed by atoms with Crippen LogP contribution in [0.25, 0.3) is 22.3 Å². The monoisotopic (exact) mass is 340 g/mol. The van der Waals surface area contributed by atoms with E-state index in [2.05, 4.69) is 0 Å². The third kappa shape index (κ3) is 3.60. The number of benzene rings is 3. The van der Waals surface area contributed by atoms with Crippen molar-refractivity contribution in [3.63, 3.8) is 0 Å². The lowest BCUT2D eigenvalue weighted by molar-refractivity contribution is -0.137. The molecule has 0 aliphatic heterocycles. The van der Waals surface area contributed by atoms with Crippen molar-refractivity contribution in [1.82, 2.24) is 0 Å². The lowest BCUT2D eigenvalue weighted by Gasteiger charge is -2.17. The number of hydrogen-bond acceptors (Lipinski definition) is 0. The van der Waals surface area contributed by atoms with Crippen molar-refractivity contribution in [2.75, 3.05) is 0 Å². The van der Waals surface area contributed by atoms with Crippen LogP contribution in [-0.2, 0) is 6.18 Å². The van der Waals surface area contributed by atoms with E-state index in [0.717, 1.165) is 22.3 Å². The molecule has 0 radical (unpaired) electrons. The third-order valence-electron chi connectivity index (χ3n) is 4.40. The number of halogens is 3. The summed E-state index contributed by atoms with van der Waals surface area (Å²) in [5.74, 6) is 0. The van der Waals surface area contributed by atoms with Gasteiger partial charge in [0.1, 0.15) is 0 Å². The fourth-order valence-electron chi connectivity index (χ4n) is 2.96. The van der Waals surface area contributed by atoms with Gasteiger partial charge in [-0.05, 0) is 54.7 Å². The second kappa shape index (κ2) is 6.40. The summed E-state index contributed by atoms with van der Waals surface area (Å²) in [5.41, 5.74) is 4.54. The van der Waals surface area contributed by atoms with Gasteiger partial charge in [0.25, 0.3) is 0 Å². The minimum atomic E-state index is -4.41. The van der Waals surface area contributed by atoms with Gasteiger partial charge in [-0.15, -0.1) is 0 Å². The van der Waals surface area contributed by atoms with Crippen LogP contribution >= 0.6 is 0 Å². The molecule has 0 aromatic heterocycles. The summed E-state index contributed by atoms with van der Waals surface area (Å²) >= 11 is 0. The number of alkyl halides is 3. The fraction of sp³-hybridized carbons (Fsp3) is 0.182. The van der Waals surface area contributed by atoms with Crippen molar-refractivity contribution < 1.29 is 13.2 Å². The summed E-state index contributed by atoms with van der Waals surface area (Å²) < 4.78 is 41.1. The van der Waals surface area contributed by atoms with Crippen LogP contribution in [0.3, 0.4) is 0 Å². The van der Waals surface area contributed by atoms with E-state index < -0.39 is 11.7 Å². The molecule has 128 valence electrons. The van der Waals surface area contributed by atoms with Crippen LogP contribution in [-0.4, -0.2) is 0 Å². The molecule has 3 heteroatoms. The Labute approximate surface area is 146 Å². The molecule has 0 nitrogen and oxygen atoms in total. The second-order valence-corrected chi connectivity index (χ2v) is 6.44. The van der Waals surface area contributed by atoms with Gasteiger partial charge in [0.05, 0.1) is 5.56 Å². The normalized spacial score (nSPS) is 11.6. The van der Waals surface area contributed by atoms with Gasteiger partial charge in [0, 0.05) is 0 Å². The van der Waals surface area contributed by atoms with Gasteiger partial charge in [-0.2, -0.15) is 13.2 Å². The standard InChI is InChI=1S/C22H19F3/c1-14-4-8-17(9-5-14)19-13-21(22(23,24)25)20(12-16(19)3)18-10-6-15(2)7-11-18/h4-13H,1-3H3. The highest BCUT2D eigenvalue weighted by Gasteiger charge is 2.34. The first-order valence-corrected chi connectivity index (χ1v) is 8.11. The topological polar surface area (TPSA) is 0 Å². The molecule has 0 N–H and O–H groups in total. The third-order valence-corrected chi connectivity index (χ3v) is 4.40. The van der Waals surface area contributed by atoms with Crippen LogP contribution in [0.4, 0.5) is 13.2 Å². The van der Waals surface area contributed by atoms with Crippen LogP contribution in [0.2, 0.25) is 0 Å². The van der Waals surface area contributed by atoms with Gasteiger partial charge < -0.3 is 0 Å². The molecule has 0 saturated heterocycles. The van der Waals surface area contributed by atoms with Gasteiger partial charge >= 0.3 is 6.18 Å². The Hall–Kier alpha value is -2.55. The molecule has 3 aromatic carbocycles. The zero-order chi connectivity index (χ0) is 18.2. The molecule has 0 atom stereocenters. The minimum absolute atomic E-state index is 0.223. The number of aryl methyl sites for hydroxylation is 3. The summed E-state index contributed by atoms with van der Waals surface area (Å²) in [4.78, 5) is 0. The van der Waals surface area contributed by atoms with Crippen LogP contribution in [0, 0.1) is 20.8 Å². The summed E-state index contributed by atoms with van der Waals surface area (Å²) in [6.07, 6.45) is -4.41. The summed E-state index contributed by atoms with van der Waals surface area (Å²) in [7, 11) is 0. The fourth-order valence-corrected chi connectivity index (χ4v) is 2.96. The summed E-state index contributed by atoms with van der Waals surface area (Å²) in [6.45, 7) is 5.73. The van der Waals surface area contributed by atoms with Gasteiger partial charge in [0.15, 0.2) is 0 Å². The largest absolute Gasteiger partial charge is 0.417 e. The smallest absolute Gasteiger partial charge is 0.166 e. The van der Waals surface area contributed by atoms with Gasteiger partial charge in [-0.3, -0.25) is 0 Å². The molecule has 3 aromatic rings. The maximum atomic E-state index is 13.7. The Morgan fingerprint density at radius 3 is 1.48 bits per heavy atom. The van der Waals surface area contributed by atoms with Gasteiger partial charge in [-0.1, -0.05) is 65.7 Å². The van der Waals surface area contributed by atoms with E-state index in [1.807, 2.05) is 57.2 Å². The Bertz CT molecular complexity index is 886. The molecule has 0 heterocycles. The van der Waals surface area contributed by atoms with Crippen molar-refractivity contribution in [3.8, 4) is 22.3 Å². The lowest BCUT2D eigenvalue weighted by Crippen LogP contribution is -2.08. The van der Waals surface area contributed by atoms with Crippen molar-refractivity contribution in [3.05, 3.63) is 82.9 Å². The molecular formula is C22H19F3. The predicted octanol–water partition coefficient (Wildman–Crippen LogP) is 6.96. The molecule has 25 heavy (non-hydrogen) atoms. The maximum absolute atomic E-state index is 13.7. The quantitative estimate of drug-likeness (QED) is 0.473. The zero-order valence-electron chi connectivity index (χ0n) is 14.4. The molecular weight excluding hydrogens is 321 g/mol. The van der Waals surface area contributed by atoms with Crippen molar-refractivity contribution in [2.24, 2.45) is 0 Å². The van der Waals surface area contributed by atoms with Crippen LogP contribution in [0.15, 0.2) is 60.7 Å². The summed E-state index contributed by atoms with van der Waals surface area (Å²) in [5, 5.41) is 0. The second-order valence-electron chi connectivity index (χ2n) is 6.44. The molecule has 3 rings (SSSR count). The van der Waals surface area contributed by atoms with E-state index in [-0.39, 0.29) is 5.56 Å². The predicted molar refractivity (Wildman–Crippen MR) is 96.5 cm³/mol. The van der Waals surface area contributed by atoms with E-state index in [1.54, 1.807) is 18.2 Å². The molecule has 0 unspecified atom stereocenters. The molecule has 0 aliphatic rings. The van der Waals surface area contributed by atoms with Crippen molar-refractivity contribution in [2.45, 2.75) is 26.9 Å². The van der Waals surface area contributed by atoms with Crippen LogP contribution in [0.5, 0.6) is 0 Å². The minimum Gasteiger partial charge on any atom is -0.166 e. The zero-order valence-corrected chi connectivity index (χ0v) is 14.4. The highest BCUT2D eigenvalue weighted by Crippen LogP contribution is 2.41. The highest BCUT2D eigenvalue weighted by molar-refractivity contribution is 5.77. The van der Waals surface area contributed by atoms with Crippen LogP contribution in [0.1, 0.15) is 22.3 Å². The molecule has 0 fully saturated rings. The maximum Gasteiger partial charge on any atom is 0.417 e. The Morgan fingerprint density at radius 2 is 1.04 bits per heavy atom. The average molecular weight is 340 g/mol. The van der Waals surface area contributed by atoms with Gasteiger partial charge in [-0.25, -0.2) is 0 Å². The first-order valence-electron chi connectivity index (χ1n) is 8.11. The van der Waals surface area contributed by atoms with Gasteiger partial charge in [0.2, 0.25) is 0 Å². The Balaban J connectivity index is 2.22. The molecule has 0 saturated carbocycles. The molecule has 0 spiro atoms. The van der Waals surface area contributed by atoms with E-state index >= 15 is 0 Å². The van der Waals surface area contributed by atoms with E-state index in [1.165, 1.54) is 6.07 Å². The van der Waals surface area contributed by atoms with E-state index in [4.69, 9.17) is 0 Å². The van der Waals surface area contributed by atoms with E-state index in [0.29, 0.717) is 11.1 Å². The molecule has 0 aliphatic carbocycles. The average Bonchev–Trinajstić information content (AvgIpc) is 2.55. The SMILES string of the molecule is Cc1ccc(-c2cc(C(F)(F)F)c(-c3ccc(C)cc3)cc2C)cc1. The Morgan fingerprint density at radius 1 is 0.600 bits per heavy atom. The Kier molecular flexibility index (Phi) is 4.42. The number of rotatable bonds is 2. The van der Waals surface area contributed by atoms with Crippen LogP contribution < -0.4 is 0 Å².